The van der Waals surface area contributed by atoms with Crippen molar-refractivity contribution in [2.75, 3.05) is 33.3 Å². The van der Waals surface area contributed by atoms with E-state index in [4.69, 9.17) is 4.74 Å². The molecule has 0 saturated carbocycles. The summed E-state index contributed by atoms with van der Waals surface area (Å²) in [6.45, 7) is 6.10. The lowest BCUT2D eigenvalue weighted by Crippen LogP contribution is -2.44. The van der Waals surface area contributed by atoms with Crippen LogP contribution < -0.4 is 10.1 Å². The lowest BCUT2D eigenvalue weighted by atomic mass is 9.78. The largest absolute Gasteiger partial charge is 0.496 e. The fraction of sp³-hybridized carbons (Fsp3) is 0.611. The van der Waals surface area contributed by atoms with Gasteiger partial charge < -0.3 is 15.0 Å². The molecular weight excluding hydrogens is 276 g/mol. The number of benzene rings is 1. The number of amides is 1. The number of aryl methyl sites for hydroxylation is 1. The average Bonchev–Trinajstić information content (AvgIpc) is 2.96. The quantitative estimate of drug-likeness (QED) is 0.930. The molecule has 2 aliphatic rings. The van der Waals surface area contributed by atoms with E-state index in [1.165, 1.54) is 12.0 Å². The molecule has 4 heteroatoms. The van der Waals surface area contributed by atoms with Gasteiger partial charge in [0.2, 0.25) is 5.91 Å². The Hall–Kier alpha value is -1.55. The number of nitrogens with one attached hydrogen (secondary N) is 1. The minimum Gasteiger partial charge on any atom is -0.496 e. The fourth-order valence-corrected chi connectivity index (χ4v) is 3.77. The van der Waals surface area contributed by atoms with Crippen LogP contribution in [0.5, 0.6) is 5.75 Å². The number of methoxy groups -OCH3 is 1. The molecule has 2 aliphatic heterocycles. The molecule has 1 aromatic rings. The number of hydrogen-bond donors (Lipinski definition) is 1. The highest BCUT2D eigenvalue weighted by molar-refractivity contribution is 5.79. The van der Waals surface area contributed by atoms with Gasteiger partial charge in [0, 0.05) is 25.2 Å². The molecule has 0 aromatic heterocycles. The van der Waals surface area contributed by atoms with Crippen LogP contribution in [0.15, 0.2) is 18.2 Å². The van der Waals surface area contributed by atoms with Crippen LogP contribution in [0.25, 0.3) is 0 Å². The summed E-state index contributed by atoms with van der Waals surface area (Å²) < 4.78 is 5.39. The van der Waals surface area contributed by atoms with E-state index in [1.807, 2.05) is 24.0 Å². The highest BCUT2D eigenvalue weighted by Crippen LogP contribution is 2.37. The summed E-state index contributed by atoms with van der Waals surface area (Å²) in [5, 5.41) is 3.47. The number of hydrogen-bond acceptors (Lipinski definition) is 3. The van der Waals surface area contributed by atoms with Gasteiger partial charge in [-0.1, -0.05) is 17.7 Å². The summed E-state index contributed by atoms with van der Waals surface area (Å²) in [6, 6.07) is 6.03. The third kappa shape index (κ3) is 3.12. The lowest BCUT2D eigenvalue weighted by Gasteiger charge is -2.39. The van der Waals surface area contributed by atoms with Crippen LogP contribution in [0.3, 0.4) is 0 Å². The number of nitrogens with zero attached hydrogens (tertiary/aromatic N) is 1. The van der Waals surface area contributed by atoms with Crippen LogP contribution in [0.1, 0.15) is 30.4 Å². The van der Waals surface area contributed by atoms with Crippen LogP contribution in [0, 0.1) is 12.3 Å². The van der Waals surface area contributed by atoms with Gasteiger partial charge in [0.15, 0.2) is 0 Å². The standard InChI is InChI=1S/C18H26N2O2/c1-14-3-4-16(22-2)15(11-14)12-17(21)20-9-6-18(7-10-20)5-8-19-13-18/h3-4,11,19H,5-10,12-13H2,1-2H3. The zero-order valence-corrected chi connectivity index (χ0v) is 13.7. The molecule has 4 nitrogen and oxygen atoms in total. The van der Waals surface area contributed by atoms with E-state index in [2.05, 4.69) is 11.4 Å². The molecule has 0 unspecified atom stereocenters. The van der Waals surface area contributed by atoms with E-state index < -0.39 is 0 Å². The smallest absolute Gasteiger partial charge is 0.227 e. The van der Waals surface area contributed by atoms with Crippen molar-refractivity contribution in [2.24, 2.45) is 5.41 Å². The van der Waals surface area contributed by atoms with E-state index >= 15 is 0 Å². The molecule has 0 radical (unpaired) electrons. The third-order valence-corrected chi connectivity index (χ3v) is 5.29. The van der Waals surface area contributed by atoms with Gasteiger partial charge in [-0.2, -0.15) is 0 Å². The molecule has 1 amide bonds. The minimum absolute atomic E-state index is 0.227. The van der Waals surface area contributed by atoms with E-state index in [9.17, 15) is 4.79 Å². The average molecular weight is 302 g/mol. The predicted octanol–water partition coefficient (Wildman–Crippen LogP) is 2.15. The molecule has 1 spiro atoms. The first-order valence-electron chi connectivity index (χ1n) is 8.24. The van der Waals surface area contributed by atoms with E-state index in [1.54, 1.807) is 7.11 Å². The number of carbonyl (C=O) groups is 1. The van der Waals surface area contributed by atoms with Crippen LogP contribution in [-0.2, 0) is 11.2 Å². The molecule has 2 heterocycles. The molecule has 120 valence electrons. The van der Waals surface area contributed by atoms with Crippen molar-refractivity contribution in [3.05, 3.63) is 29.3 Å². The van der Waals surface area contributed by atoms with Gasteiger partial charge in [-0.05, 0) is 44.2 Å². The van der Waals surface area contributed by atoms with Gasteiger partial charge in [-0.3, -0.25) is 4.79 Å². The Labute approximate surface area is 132 Å². The topological polar surface area (TPSA) is 41.6 Å². The molecule has 3 rings (SSSR count). The highest BCUT2D eigenvalue weighted by Gasteiger charge is 2.37. The molecule has 0 atom stereocenters. The molecular formula is C18H26N2O2. The maximum absolute atomic E-state index is 12.6. The first-order chi connectivity index (χ1) is 10.6. The van der Waals surface area contributed by atoms with Crippen LogP contribution in [-0.4, -0.2) is 44.1 Å². The number of carbonyl (C=O) groups excluding carboxylic acids is 1. The van der Waals surface area contributed by atoms with Gasteiger partial charge in [0.1, 0.15) is 5.75 Å². The summed E-state index contributed by atoms with van der Waals surface area (Å²) in [6.07, 6.45) is 3.98. The Morgan fingerprint density at radius 1 is 1.32 bits per heavy atom. The second-order valence-corrected chi connectivity index (χ2v) is 6.80. The third-order valence-electron chi connectivity index (χ3n) is 5.29. The number of likely N-dealkylation sites (tertiary alicyclic amines) is 1. The summed E-state index contributed by atoms with van der Waals surface area (Å²) in [4.78, 5) is 14.6. The van der Waals surface area contributed by atoms with Gasteiger partial charge in [-0.15, -0.1) is 0 Å². The predicted molar refractivity (Wildman–Crippen MR) is 87.2 cm³/mol. The summed E-state index contributed by atoms with van der Waals surface area (Å²) >= 11 is 0. The Bertz CT molecular complexity index is 540. The summed E-state index contributed by atoms with van der Waals surface area (Å²) in [7, 11) is 1.66. The highest BCUT2D eigenvalue weighted by atomic mass is 16.5. The number of ether oxygens (including phenoxy) is 1. The van der Waals surface area contributed by atoms with Crippen molar-refractivity contribution in [2.45, 2.75) is 32.6 Å². The number of rotatable bonds is 3. The molecule has 0 aliphatic carbocycles. The second-order valence-electron chi connectivity index (χ2n) is 6.80. The van der Waals surface area contributed by atoms with Crippen molar-refractivity contribution in [3.63, 3.8) is 0 Å². The summed E-state index contributed by atoms with van der Waals surface area (Å²) in [5.41, 5.74) is 2.62. The first-order valence-corrected chi connectivity index (χ1v) is 8.24. The zero-order chi connectivity index (χ0) is 15.6. The van der Waals surface area contributed by atoms with E-state index in [0.717, 1.165) is 50.3 Å². The Kier molecular flexibility index (Phi) is 4.39. The van der Waals surface area contributed by atoms with Gasteiger partial charge >= 0.3 is 0 Å². The van der Waals surface area contributed by atoms with E-state index in [0.29, 0.717) is 11.8 Å². The van der Waals surface area contributed by atoms with Crippen molar-refractivity contribution in [3.8, 4) is 5.75 Å². The normalized spacial score (nSPS) is 20.4. The Morgan fingerprint density at radius 2 is 2.09 bits per heavy atom. The van der Waals surface area contributed by atoms with Crippen LogP contribution in [0.2, 0.25) is 0 Å². The van der Waals surface area contributed by atoms with Crippen molar-refractivity contribution in [1.29, 1.82) is 0 Å². The van der Waals surface area contributed by atoms with Gasteiger partial charge in [-0.25, -0.2) is 0 Å². The van der Waals surface area contributed by atoms with Gasteiger partial charge in [0.25, 0.3) is 0 Å². The van der Waals surface area contributed by atoms with Crippen molar-refractivity contribution < 1.29 is 9.53 Å². The Balaban J connectivity index is 1.62. The van der Waals surface area contributed by atoms with E-state index in [-0.39, 0.29) is 5.91 Å². The van der Waals surface area contributed by atoms with Crippen LogP contribution in [0.4, 0.5) is 0 Å². The zero-order valence-electron chi connectivity index (χ0n) is 13.7. The van der Waals surface area contributed by atoms with Crippen molar-refractivity contribution >= 4 is 5.91 Å². The molecule has 2 saturated heterocycles. The number of piperidine rings is 1. The summed E-state index contributed by atoms with van der Waals surface area (Å²) in [5.74, 6) is 1.04. The molecule has 22 heavy (non-hydrogen) atoms. The molecule has 1 aromatic carbocycles. The lowest BCUT2D eigenvalue weighted by molar-refractivity contribution is -0.132. The molecule has 2 fully saturated rings. The maximum atomic E-state index is 12.6. The monoisotopic (exact) mass is 302 g/mol. The SMILES string of the molecule is COc1ccc(C)cc1CC(=O)N1CCC2(CCNC2)CC1. The molecule has 0 bridgehead atoms. The fourth-order valence-electron chi connectivity index (χ4n) is 3.77. The Morgan fingerprint density at radius 3 is 2.73 bits per heavy atom. The second kappa shape index (κ2) is 6.29. The van der Waals surface area contributed by atoms with Gasteiger partial charge in [0.05, 0.1) is 13.5 Å². The van der Waals surface area contributed by atoms with Crippen LogP contribution >= 0.6 is 0 Å². The first kappa shape index (κ1) is 15.3. The maximum Gasteiger partial charge on any atom is 0.227 e. The molecule has 1 N–H and O–H groups in total. The van der Waals surface area contributed by atoms with Crippen molar-refractivity contribution in [1.82, 2.24) is 10.2 Å². The minimum atomic E-state index is 0.227.